The smallest absolute Gasteiger partial charge is 0.253 e. The van der Waals surface area contributed by atoms with Gasteiger partial charge in [-0.1, -0.05) is 0 Å². The van der Waals surface area contributed by atoms with Crippen molar-refractivity contribution in [2.45, 2.75) is 17.7 Å². The summed E-state index contributed by atoms with van der Waals surface area (Å²) in [6, 6.07) is 6.68. The SMILES string of the molecule is CN(C)S(=O)(=O)c1ccc(N2CCCC2)c(C(=O)NCCN2CCN(c3ncccn3)CC2)c1. The predicted octanol–water partition coefficient (Wildman–Crippen LogP) is 0.879. The van der Waals surface area contributed by atoms with Crippen molar-refractivity contribution in [3.8, 4) is 0 Å². The van der Waals surface area contributed by atoms with E-state index in [9.17, 15) is 13.2 Å². The molecule has 2 fully saturated rings. The van der Waals surface area contributed by atoms with Gasteiger partial charge in [0, 0.05) is 84.5 Å². The summed E-state index contributed by atoms with van der Waals surface area (Å²) in [5.41, 5.74) is 1.21. The Morgan fingerprint density at radius 3 is 2.32 bits per heavy atom. The lowest BCUT2D eigenvalue weighted by Gasteiger charge is -2.34. The number of rotatable bonds is 8. The van der Waals surface area contributed by atoms with Crippen molar-refractivity contribution < 1.29 is 13.2 Å². The molecule has 0 saturated carbocycles. The van der Waals surface area contributed by atoms with Gasteiger partial charge in [0.25, 0.3) is 5.91 Å². The summed E-state index contributed by atoms with van der Waals surface area (Å²) < 4.78 is 26.5. The standard InChI is InChI=1S/C23H33N7O3S/c1-27(2)34(32,33)19-6-7-21(29-11-3-4-12-29)20(18-19)22(31)24-10-13-28-14-16-30(17-15-28)23-25-8-5-9-26-23/h5-9,18H,3-4,10-17H2,1-2H3,(H,24,31). The number of aromatic nitrogens is 2. The number of nitrogens with zero attached hydrogens (tertiary/aromatic N) is 6. The highest BCUT2D eigenvalue weighted by Crippen LogP contribution is 2.28. The van der Waals surface area contributed by atoms with Crippen LogP contribution in [0, 0.1) is 0 Å². The van der Waals surface area contributed by atoms with Crippen molar-refractivity contribution >= 4 is 27.6 Å². The van der Waals surface area contributed by atoms with Gasteiger partial charge in [0.05, 0.1) is 10.5 Å². The van der Waals surface area contributed by atoms with Gasteiger partial charge in [0.1, 0.15) is 0 Å². The Bertz CT molecular complexity index is 1080. The topological polar surface area (TPSA) is 102 Å². The van der Waals surface area contributed by atoms with Crippen LogP contribution in [0.25, 0.3) is 0 Å². The number of carbonyl (C=O) groups excluding carboxylic acids is 1. The first-order chi connectivity index (χ1) is 16.4. The maximum atomic E-state index is 13.2. The van der Waals surface area contributed by atoms with E-state index in [0.717, 1.165) is 70.3 Å². The third-order valence-electron chi connectivity index (χ3n) is 6.36. The van der Waals surface area contributed by atoms with Crippen LogP contribution in [0.5, 0.6) is 0 Å². The van der Waals surface area contributed by atoms with Crippen molar-refractivity contribution in [1.29, 1.82) is 0 Å². The summed E-state index contributed by atoms with van der Waals surface area (Å²) in [7, 11) is -0.641. The molecule has 0 aliphatic carbocycles. The average Bonchev–Trinajstić information content (AvgIpc) is 3.39. The van der Waals surface area contributed by atoms with Gasteiger partial charge >= 0.3 is 0 Å². The molecule has 0 spiro atoms. The number of hydrogen-bond donors (Lipinski definition) is 1. The molecule has 0 radical (unpaired) electrons. The minimum Gasteiger partial charge on any atom is -0.371 e. The number of anilines is 2. The zero-order valence-corrected chi connectivity index (χ0v) is 20.7. The van der Waals surface area contributed by atoms with Crippen LogP contribution in [0.4, 0.5) is 11.6 Å². The van der Waals surface area contributed by atoms with E-state index in [1.54, 1.807) is 24.5 Å². The number of hydrogen-bond acceptors (Lipinski definition) is 8. The van der Waals surface area contributed by atoms with Gasteiger partial charge < -0.3 is 15.1 Å². The van der Waals surface area contributed by atoms with Crippen molar-refractivity contribution in [3.05, 3.63) is 42.2 Å². The lowest BCUT2D eigenvalue weighted by molar-refractivity contribution is 0.0948. The molecule has 0 atom stereocenters. The molecule has 1 amide bonds. The molecule has 2 aromatic rings. The van der Waals surface area contributed by atoms with Gasteiger partial charge in [-0.25, -0.2) is 22.7 Å². The summed E-state index contributed by atoms with van der Waals surface area (Å²) in [5.74, 6) is 0.506. The molecule has 2 aliphatic rings. The molecular formula is C23H33N7O3S. The largest absolute Gasteiger partial charge is 0.371 e. The molecule has 184 valence electrons. The number of carbonyl (C=O) groups is 1. The maximum Gasteiger partial charge on any atom is 0.253 e. The van der Waals surface area contributed by atoms with Crippen LogP contribution in [0.15, 0.2) is 41.6 Å². The zero-order chi connectivity index (χ0) is 24.1. The maximum absolute atomic E-state index is 13.2. The third-order valence-corrected chi connectivity index (χ3v) is 8.17. The van der Waals surface area contributed by atoms with Gasteiger partial charge in [0.2, 0.25) is 16.0 Å². The van der Waals surface area contributed by atoms with Crippen LogP contribution in [-0.2, 0) is 10.0 Å². The highest BCUT2D eigenvalue weighted by Gasteiger charge is 2.25. The third kappa shape index (κ3) is 5.48. The first-order valence-electron chi connectivity index (χ1n) is 11.7. The normalized spacial score (nSPS) is 17.4. The zero-order valence-electron chi connectivity index (χ0n) is 19.9. The summed E-state index contributed by atoms with van der Waals surface area (Å²) in [6.07, 6.45) is 5.64. The molecule has 1 N–H and O–H groups in total. The summed E-state index contributed by atoms with van der Waals surface area (Å²) in [6.45, 7) is 6.36. The molecule has 4 rings (SSSR count). The van der Waals surface area contributed by atoms with E-state index in [1.807, 2.05) is 6.07 Å². The summed E-state index contributed by atoms with van der Waals surface area (Å²) in [5, 5.41) is 3.01. The van der Waals surface area contributed by atoms with Crippen molar-refractivity contribution in [3.63, 3.8) is 0 Å². The predicted molar refractivity (Wildman–Crippen MR) is 132 cm³/mol. The number of sulfonamides is 1. The Kier molecular flexibility index (Phi) is 7.64. The molecule has 3 heterocycles. The minimum atomic E-state index is -3.63. The molecule has 34 heavy (non-hydrogen) atoms. The molecule has 10 nitrogen and oxygen atoms in total. The Morgan fingerprint density at radius 1 is 1.00 bits per heavy atom. The van der Waals surface area contributed by atoms with Gasteiger partial charge in [-0.15, -0.1) is 0 Å². The number of amides is 1. The van der Waals surface area contributed by atoms with E-state index in [1.165, 1.54) is 24.5 Å². The van der Waals surface area contributed by atoms with Gasteiger partial charge in [0.15, 0.2) is 0 Å². The van der Waals surface area contributed by atoms with Gasteiger partial charge in [-0.05, 0) is 37.1 Å². The van der Waals surface area contributed by atoms with E-state index < -0.39 is 10.0 Å². The van der Waals surface area contributed by atoms with Crippen molar-refractivity contribution in [2.24, 2.45) is 0 Å². The van der Waals surface area contributed by atoms with Crippen LogP contribution in [0.3, 0.4) is 0 Å². The molecule has 0 bridgehead atoms. The molecule has 11 heteroatoms. The van der Waals surface area contributed by atoms with Crippen LogP contribution in [-0.4, -0.2) is 100.0 Å². The highest BCUT2D eigenvalue weighted by atomic mass is 32.2. The second-order valence-corrected chi connectivity index (χ2v) is 10.9. The first-order valence-corrected chi connectivity index (χ1v) is 13.1. The molecule has 1 aromatic heterocycles. The number of benzene rings is 1. The monoisotopic (exact) mass is 487 g/mol. The van der Waals surface area contributed by atoms with Gasteiger partial charge in [-0.3, -0.25) is 9.69 Å². The quantitative estimate of drug-likeness (QED) is 0.586. The minimum absolute atomic E-state index is 0.129. The van der Waals surface area contributed by atoms with Crippen molar-refractivity contribution in [1.82, 2.24) is 24.5 Å². The second kappa shape index (κ2) is 10.7. The van der Waals surface area contributed by atoms with Crippen LogP contribution in [0.1, 0.15) is 23.2 Å². The van der Waals surface area contributed by atoms with Gasteiger partial charge in [-0.2, -0.15) is 0 Å². The Balaban J connectivity index is 1.38. The first kappa shape index (κ1) is 24.4. The second-order valence-electron chi connectivity index (χ2n) is 8.79. The van der Waals surface area contributed by atoms with Crippen LogP contribution >= 0.6 is 0 Å². The van der Waals surface area contributed by atoms with E-state index in [-0.39, 0.29) is 10.8 Å². The fraction of sp³-hybridized carbons (Fsp3) is 0.522. The molecule has 0 unspecified atom stereocenters. The summed E-state index contributed by atoms with van der Waals surface area (Å²) in [4.78, 5) is 28.5. The van der Waals surface area contributed by atoms with Crippen LogP contribution < -0.4 is 15.1 Å². The van der Waals surface area contributed by atoms with E-state index in [4.69, 9.17) is 0 Å². The van der Waals surface area contributed by atoms with Crippen LogP contribution in [0.2, 0.25) is 0 Å². The average molecular weight is 488 g/mol. The Morgan fingerprint density at radius 2 is 1.68 bits per heavy atom. The number of nitrogens with one attached hydrogen (secondary N) is 1. The lowest BCUT2D eigenvalue weighted by Crippen LogP contribution is -2.49. The van der Waals surface area contributed by atoms with E-state index >= 15 is 0 Å². The highest BCUT2D eigenvalue weighted by molar-refractivity contribution is 7.89. The summed E-state index contributed by atoms with van der Waals surface area (Å²) >= 11 is 0. The van der Waals surface area contributed by atoms with E-state index in [0.29, 0.717) is 12.1 Å². The molecule has 1 aromatic carbocycles. The molecular weight excluding hydrogens is 454 g/mol. The Labute approximate surface area is 201 Å². The molecule has 2 saturated heterocycles. The van der Waals surface area contributed by atoms with Crippen molar-refractivity contribution in [2.75, 3.05) is 76.3 Å². The fourth-order valence-corrected chi connectivity index (χ4v) is 5.28. The van der Waals surface area contributed by atoms with E-state index in [2.05, 4.69) is 30.0 Å². The lowest BCUT2D eigenvalue weighted by atomic mass is 10.1. The number of piperazine rings is 1. The Hall–Kier alpha value is -2.76. The molecule has 2 aliphatic heterocycles. The fourth-order valence-electron chi connectivity index (χ4n) is 4.35.